The van der Waals surface area contributed by atoms with E-state index in [0.717, 1.165) is 21.8 Å². The Hall–Kier alpha value is -2.21. The van der Waals surface area contributed by atoms with Crippen LogP contribution in [0.3, 0.4) is 0 Å². The number of halogens is 1. The quantitative estimate of drug-likeness (QED) is 0.463. The number of nitrogens with one attached hydrogen (secondary N) is 2. The molecule has 8 nitrogen and oxygen atoms in total. The maximum atomic E-state index is 12.2. The van der Waals surface area contributed by atoms with Gasteiger partial charge in [0.2, 0.25) is 21.1 Å². The van der Waals surface area contributed by atoms with Crippen LogP contribution in [0.5, 0.6) is 0 Å². The summed E-state index contributed by atoms with van der Waals surface area (Å²) in [4.78, 5) is 16.5. The minimum atomic E-state index is -3.86. The van der Waals surface area contributed by atoms with Crippen molar-refractivity contribution >= 4 is 49.3 Å². The van der Waals surface area contributed by atoms with Crippen LogP contribution in [0.2, 0.25) is 0 Å². The van der Waals surface area contributed by atoms with Gasteiger partial charge in [0.05, 0.1) is 10.6 Å². The molecule has 146 valence electrons. The number of thioether (sulfide) groups is 1. The number of nitrogens with two attached hydrogens (primary N) is 1. The molecular formula is C17H16BrN5O3S2. The number of primary sulfonamides is 1. The van der Waals surface area contributed by atoms with Crippen molar-refractivity contribution in [1.82, 2.24) is 15.2 Å². The van der Waals surface area contributed by atoms with Gasteiger partial charge in [-0.1, -0.05) is 52.0 Å². The minimum absolute atomic E-state index is 0.0231. The number of aromatic amines is 1. The van der Waals surface area contributed by atoms with Gasteiger partial charge < -0.3 is 5.32 Å². The maximum Gasteiger partial charge on any atom is 0.238 e. The number of hydrogen-bond acceptors (Lipinski definition) is 6. The Morgan fingerprint density at radius 2 is 2.04 bits per heavy atom. The zero-order valence-electron chi connectivity index (χ0n) is 14.6. The van der Waals surface area contributed by atoms with E-state index in [-0.39, 0.29) is 16.6 Å². The SMILES string of the molecule is Cc1ccc(NC(=O)CSc2n[nH]c(-c3ccccc3Br)n2)cc1S(N)(=O)=O. The predicted octanol–water partition coefficient (Wildman–Crippen LogP) is 2.92. The molecule has 0 saturated heterocycles. The molecule has 2 aromatic carbocycles. The van der Waals surface area contributed by atoms with Crippen molar-refractivity contribution in [3.8, 4) is 11.4 Å². The predicted molar refractivity (Wildman–Crippen MR) is 111 cm³/mol. The molecule has 1 amide bonds. The van der Waals surface area contributed by atoms with E-state index in [1.54, 1.807) is 19.1 Å². The summed E-state index contributed by atoms with van der Waals surface area (Å²) in [6, 6.07) is 12.1. The average molecular weight is 482 g/mol. The monoisotopic (exact) mass is 481 g/mol. The van der Waals surface area contributed by atoms with Gasteiger partial charge in [-0.3, -0.25) is 9.89 Å². The van der Waals surface area contributed by atoms with Crippen molar-refractivity contribution in [2.75, 3.05) is 11.1 Å². The molecular weight excluding hydrogens is 466 g/mol. The van der Waals surface area contributed by atoms with Crippen LogP contribution in [0, 0.1) is 6.92 Å². The lowest BCUT2D eigenvalue weighted by atomic mass is 10.2. The molecule has 0 unspecified atom stereocenters. The molecule has 1 aromatic heterocycles. The molecule has 0 radical (unpaired) electrons. The van der Waals surface area contributed by atoms with Crippen molar-refractivity contribution in [3.63, 3.8) is 0 Å². The summed E-state index contributed by atoms with van der Waals surface area (Å²) in [6.07, 6.45) is 0. The minimum Gasteiger partial charge on any atom is -0.325 e. The Kier molecular flexibility index (Phi) is 6.18. The van der Waals surface area contributed by atoms with E-state index >= 15 is 0 Å². The summed E-state index contributed by atoms with van der Waals surface area (Å²) in [7, 11) is -3.86. The van der Waals surface area contributed by atoms with Gasteiger partial charge in [0.1, 0.15) is 0 Å². The van der Waals surface area contributed by atoms with E-state index < -0.39 is 10.0 Å². The summed E-state index contributed by atoms with van der Waals surface area (Å²) >= 11 is 4.61. The van der Waals surface area contributed by atoms with Gasteiger partial charge in [0.25, 0.3) is 0 Å². The first-order valence-corrected chi connectivity index (χ1v) is 11.3. The van der Waals surface area contributed by atoms with Gasteiger partial charge in [-0.2, -0.15) is 0 Å². The Morgan fingerprint density at radius 1 is 1.29 bits per heavy atom. The zero-order valence-corrected chi connectivity index (χ0v) is 17.9. The highest BCUT2D eigenvalue weighted by atomic mass is 79.9. The average Bonchev–Trinajstić information content (AvgIpc) is 3.10. The molecule has 0 spiro atoms. The number of nitrogens with zero attached hydrogens (tertiary/aromatic N) is 2. The van der Waals surface area contributed by atoms with Crippen molar-refractivity contribution in [1.29, 1.82) is 0 Å². The van der Waals surface area contributed by atoms with E-state index in [1.807, 2.05) is 24.3 Å². The third-order valence-corrected chi connectivity index (χ3v) is 6.30. The third-order valence-electron chi connectivity index (χ3n) is 3.70. The van der Waals surface area contributed by atoms with Crippen molar-refractivity contribution in [3.05, 3.63) is 52.5 Å². The number of hydrogen-bond donors (Lipinski definition) is 3. The summed E-state index contributed by atoms with van der Waals surface area (Å²) in [5.41, 5.74) is 1.72. The smallest absolute Gasteiger partial charge is 0.238 e. The summed E-state index contributed by atoms with van der Waals surface area (Å²) in [5, 5.41) is 15.2. The number of aryl methyl sites for hydroxylation is 1. The summed E-state index contributed by atoms with van der Waals surface area (Å²) < 4.78 is 24.0. The van der Waals surface area contributed by atoms with Gasteiger partial charge in [-0.25, -0.2) is 18.5 Å². The van der Waals surface area contributed by atoms with Gasteiger partial charge in [-0.15, -0.1) is 5.10 Å². The molecule has 0 aliphatic heterocycles. The molecule has 3 aromatic rings. The second-order valence-electron chi connectivity index (χ2n) is 5.81. The van der Waals surface area contributed by atoms with Crippen LogP contribution in [0.15, 0.2) is 57.0 Å². The molecule has 0 aliphatic carbocycles. The van der Waals surface area contributed by atoms with Crippen molar-refractivity contribution in [2.45, 2.75) is 17.0 Å². The van der Waals surface area contributed by atoms with Crippen LogP contribution in [-0.2, 0) is 14.8 Å². The first-order chi connectivity index (χ1) is 13.2. The number of aromatic nitrogens is 3. The van der Waals surface area contributed by atoms with Gasteiger partial charge in [0.15, 0.2) is 5.82 Å². The fourth-order valence-corrected chi connectivity index (χ4v) is 4.28. The number of sulfonamides is 1. The molecule has 0 atom stereocenters. The van der Waals surface area contributed by atoms with E-state index in [0.29, 0.717) is 22.2 Å². The van der Waals surface area contributed by atoms with E-state index in [2.05, 4.69) is 36.4 Å². The highest BCUT2D eigenvalue weighted by Crippen LogP contribution is 2.26. The van der Waals surface area contributed by atoms with E-state index in [9.17, 15) is 13.2 Å². The summed E-state index contributed by atoms with van der Waals surface area (Å²) in [5.74, 6) is 0.333. The van der Waals surface area contributed by atoms with Crippen LogP contribution < -0.4 is 10.5 Å². The highest BCUT2D eigenvalue weighted by molar-refractivity contribution is 9.10. The first kappa shape index (κ1) is 20.5. The van der Waals surface area contributed by atoms with E-state index in [4.69, 9.17) is 5.14 Å². The lowest BCUT2D eigenvalue weighted by Gasteiger charge is -2.08. The molecule has 1 heterocycles. The molecule has 0 aliphatic rings. The zero-order chi connectivity index (χ0) is 20.3. The molecule has 0 fully saturated rings. The van der Waals surface area contributed by atoms with E-state index in [1.165, 1.54) is 6.07 Å². The maximum absolute atomic E-state index is 12.2. The standard InChI is InChI=1S/C17H16BrN5O3S2/c1-10-6-7-11(8-14(10)28(19,25)26)20-15(24)9-27-17-21-16(22-23-17)12-4-2-3-5-13(12)18/h2-8H,9H2,1H3,(H,20,24)(H2,19,25,26)(H,21,22,23). The van der Waals surface area contributed by atoms with Crippen LogP contribution in [-0.4, -0.2) is 35.3 Å². The van der Waals surface area contributed by atoms with Gasteiger partial charge >= 0.3 is 0 Å². The van der Waals surface area contributed by atoms with Crippen molar-refractivity contribution in [2.24, 2.45) is 5.14 Å². The molecule has 3 rings (SSSR count). The van der Waals surface area contributed by atoms with Gasteiger partial charge in [0, 0.05) is 15.7 Å². The molecule has 28 heavy (non-hydrogen) atoms. The number of rotatable bonds is 6. The van der Waals surface area contributed by atoms with Crippen LogP contribution in [0.25, 0.3) is 11.4 Å². The second kappa shape index (κ2) is 8.43. The summed E-state index contributed by atoms with van der Waals surface area (Å²) in [6.45, 7) is 1.63. The van der Waals surface area contributed by atoms with Crippen LogP contribution >= 0.6 is 27.7 Å². The highest BCUT2D eigenvalue weighted by Gasteiger charge is 2.14. The van der Waals surface area contributed by atoms with Crippen LogP contribution in [0.4, 0.5) is 5.69 Å². The number of carbonyl (C=O) groups excluding carboxylic acids is 1. The Balaban J connectivity index is 1.64. The Morgan fingerprint density at radius 3 is 2.75 bits per heavy atom. The topological polar surface area (TPSA) is 131 Å². The third kappa shape index (κ3) is 4.98. The number of amides is 1. The van der Waals surface area contributed by atoms with Crippen LogP contribution in [0.1, 0.15) is 5.56 Å². The second-order valence-corrected chi connectivity index (χ2v) is 9.14. The number of carbonyl (C=O) groups is 1. The molecule has 0 bridgehead atoms. The Labute approximate surface area is 174 Å². The van der Waals surface area contributed by atoms with Crippen molar-refractivity contribution < 1.29 is 13.2 Å². The Bertz CT molecular complexity index is 1130. The molecule has 11 heteroatoms. The van der Waals surface area contributed by atoms with Gasteiger partial charge in [-0.05, 0) is 30.7 Å². The largest absolute Gasteiger partial charge is 0.325 e. The molecule has 0 saturated carbocycles. The number of H-pyrrole nitrogens is 1. The first-order valence-electron chi connectivity index (χ1n) is 7.97. The fourth-order valence-electron chi connectivity index (χ4n) is 2.40. The normalized spacial score (nSPS) is 11.4. The number of benzene rings is 2. The number of anilines is 1. The fraction of sp³-hybridized carbons (Fsp3) is 0.118. The lowest BCUT2D eigenvalue weighted by Crippen LogP contribution is -2.17. The lowest BCUT2D eigenvalue weighted by molar-refractivity contribution is -0.113. The molecule has 4 N–H and O–H groups in total.